The van der Waals surface area contributed by atoms with E-state index in [1.807, 2.05) is 0 Å². The summed E-state index contributed by atoms with van der Waals surface area (Å²) in [6.45, 7) is 6.96. The molecule has 2 nitrogen and oxygen atoms in total. The molecular formula is C25H35NO. The first-order valence-electron chi connectivity index (χ1n) is 10.8. The topological polar surface area (TPSA) is 12.5 Å². The largest absolute Gasteiger partial charge is 0.494 e. The predicted octanol–water partition coefficient (Wildman–Crippen LogP) is 5.75. The Kier molecular flexibility index (Phi) is 8.23. The lowest BCUT2D eigenvalue weighted by atomic mass is 10.0. The van der Waals surface area contributed by atoms with Gasteiger partial charge in [0.05, 0.1) is 6.61 Å². The van der Waals surface area contributed by atoms with E-state index in [-0.39, 0.29) is 0 Å². The average molecular weight is 366 g/mol. The maximum atomic E-state index is 6.00. The summed E-state index contributed by atoms with van der Waals surface area (Å²) in [5.41, 5.74) is 2.78. The second kappa shape index (κ2) is 11.1. The van der Waals surface area contributed by atoms with Crippen molar-refractivity contribution in [3.05, 3.63) is 65.7 Å². The number of ether oxygens (including phenoxy) is 1. The number of benzene rings is 2. The summed E-state index contributed by atoms with van der Waals surface area (Å²) in [5.74, 6) is 1.83. The molecule has 1 heterocycles. The molecule has 0 radical (unpaired) electrons. The molecule has 0 spiro atoms. The van der Waals surface area contributed by atoms with Crippen molar-refractivity contribution in [3.8, 4) is 5.75 Å². The third-order valence-corrected chi connectivity index (χ3v) is 5.71. The smallest absolute Gasteiger partial charge is 0.119 e. The van der Waals surface area contributed by atoms with Gasteiger partial charge in [-0.2, -0.15) is 0 Å². The number of aryl methyl sites for hydroxylation is 2. The van der Waals surface area contributed by atoms with Crippen molar-refractivity contribution in [2.75, 3.05) is 26.2 Å². The van der Waals surface area contributed by atoms with Crippen LogP contribution in [0, 0.1) is 5.92 Å². The van der Waals surface area contributed by atoms with Crippen LogP contribution in [0.4, 0.5) is 0 Å². The zero-order chi connectivity index (χ0) is 18.7. The SMILES string of the molecule is CCCCCN1CCC(CCOc2ccc(CCc3ccccc3)cc2)C1. The monoisotopic (exact) mass is 365 g/mol. The van der Waals surface area contributed by atoms with Crippen molar-refractivity contribution in [2.45, 2.75) is 51.9 Å². The molecule has 1 saturated heterocycles. The second-order valence-electron chi connectivity index (χ2n) is 7.93. The molecule has 3 rings (SSSR count). The lowest BCUT2D eigenvalue weighted by Crippen LogP contribution is -2.22. The minimum atomic E-state index is 0.816. The fraction of sp³-hybridized carbons (Fsp3) is 0.520. The van der Waals surface area contributed by atoms with Crippen LogP contribution in [0.15, 0.2) is 54.6 Å². The average Bonchev–Trinajstić information content (AvgIpc) is 3.16. The van der Waals surface area contributed by atoms with Crippen LogP contribution in [0.5, 0.6) is 5.75 Å². The Morgan fingerprint density at radius 2 is 1.67 bits per heavy atom. The fourth-order valence-electron chi connectivity index (χ4n) is 3.97. The zero-order valence-electron chi connectivity index (χ0n) is 16.9. The number of hydrogen-bond acceptors (Lipinski definition) is 2. The van der Waals surface area contributed by atoms with Crippen molar-refractivity contribution < 1.29 is 4.74 Å². The van der Waals surface area contributed by atoms with Crippen LogP contribution in [0.1, 0.15) is 50.2 Å². The lowest BCUT2D eigenvalue weighted by molar-refractivity contribution is 0.266. The van der Waals surface area contributed by atoms with Gasteiger partial charge in [0.1, 0.15) is 5.75 Å². The molecule has 1 unspecified atom stereocenters. The van der Waals surface area contributed by atoms with Crippen molar-refractivity contribution >= 4 is 0 Å². The van der Waals surface area contributed by atoms with E-state index < -0.39 is 0 Å². The van der Waals surface area contributed by atoms with Crippen LogP contribution < -0.4 is 4.74 Å². The first-order chi connectivity index (χ1) is 13.3. The third kappa shape index (κ3) is 7.03. The summed E-state index contributed by atoms with van der Waals surface area (Å²) < 4.78 is 6.00. The molecule has 1 aliphatic heterocycles. The first-order valence-corrected chi connectivity index (χ1v) is 10.8. The van der Waals surface area contributed by atoms with Crippen LogP contribution in [-0.4, -0.2) is 31.1 Å². The van der Waals surface area contributed by atoms with E-state index in [2.05, 4.69) is 66.4 Å². The Bertz CT molecular complexity index is 637. The molecule has 146 valence electrons. The van der Waals surface area contributed by atoms with E-state index in [1.54, 1.807) is 0 Å². The van der Waals surface area contributed by atoms with Crippen molar-refractivity contribution in [2.24, 2.45) is 5.92 Å². The van der Waals surface area contributed by atoms with Gasteiger partial charge in [-0.15, -0.1) is 0 Å². The standard InChI is InChI=1S/C25H35NO/c1-2-3-7-18-26-19-16-24(21-26)17-20-27-25-14-12-23(13-15-25)11-10-22-8-5-4-6-9-22/h4-6,8-9,12-15,24H,2-3,7,10-11,16-21H2,1H3. The summed E-state index contributed by atoms with van der Waals surface area (Å²) in [7, 11) is 0. The molecule has 0 aliphatic carbocycles. The van der Waals surface area contributed by atoms with E-state index in [1.165, 1.54) is 62.9 Å². The summed E-state index contributed by atoms with van der Waals surface area (Å²) in [5, 5.41) is 0. The van der Waals surface area contributed by atoms with Gasteiger partial charge in [-0.25, -0.2) is 0 Å². The van der Waals surface area contributed by atoms with Crippen LogP contribution in [-0.2, 0) is 12.8 Å². The molecule has 0 saturated carbocycles. The Morgan fingerprint density at radius 3 is 2.41 bits per heavy atom. The minimum Gasteiger partial charge on any atom is -0.494 e. The summed E-state index contributed by atoms with van der Waals surface area (Å²) in [6, 6.07) is 19.4. The predicted molar refractivity (Wildman–Crippen MR) is 114 cm³/mol. The molecule has 1 atom stereocenters. The van der Waals surface area contributed by atoms with E-state index in [0.29, 0.717) is 0 Å². The molecular weight excluding hydrogens is 330 g/mol. The van der Waals surface area contributed by atoms with Gasteiger partial charge in [0.25, 0.3) is 0 Å². The third-order valence-electron chi connectivity index (χ3n) is 5.71. The number of hydrogen-bond donors (Lipinski definition) is 0. The molecule has 0 aromatic heterocycles. The fourth-order valence-corrected chi connectivity index (χ4v) is 3.97. The van der Waals surface area contributed by atoms with Gasteiger partial charge in [0, 0.05) is 6.54 Å². The molecule has 1 fully saturated rings. The Morgan fingerprint density at radius 1 is 0.926 bits per heavy atom. The lowest BCUT2D eigenvalue weighted by Gasteiger charge is -2.16. The van der Waals surface area contributed by atoms with E-state index in [0.717, 1.165) is 31.1 Å². The Hall–Kier alpha value is -1.80. The molecule has 1 aliphatic rings. The number of nitrogens with zero attached hydrogens (tertiary/aromatic N) is 1. The number of unbranched alkanes of at least 4 members (excludes halogenated alkanes) is 2. The Labute approximate surface area is 165 Å². The molecule has 0 bridgehead atoms. The van der Waals surface area contributed by atoms with Crippen LogP contribution >= 0.6 is 0 Å². The molecule has 2 heteroatoms. The van der Waals surface area contributed by atoms with E-state index in [4.69, 9.17) is 4.74 Å². The van der Waals surface area contributed by atoms with Gasteiger partial charge in [-0.3, -0.25) is 0 Å². The van der Waals surface area contributed by atoms with Crippen molar-refractivity contribution in [3.63, 3.8) is 0 Å². The maximum Gasteiger partial charge on any atom is 0.119 e. The van der Waals surface area contributed by atoms with Crippen LogP contribution in [0.2, 0.25) is 0 Å². The minimum absolute atomic E-state index is 0.816. The quantitative estimate of drug-likeness (QED) is 0.470. The first kappa shape index (κ1) is 19.9. The summed E-state index contributed by atoms with van der Waals surface area (Å²) in [6.07, 6.45) is 8.74. The summed E-state index contributed by atoms with van der Waals surface area (Å²) in [4.78, 5) is 2.64. The highest BCUT2D eigenvalue weighted by Crippen LogP contribution is 2.21. The number of rotatable bonds is 11. The molecule has 0 N–H and O–H groups in total. The van der Waals surface area contributed by atoms with Gasteiger partial charge in [-0.1, -0.05) is 62.2 Å². The van der Waals surface area contributed by atoms with Gasteiger partial charge < -0.3 is 9.64 Å². The van der Waals surface area contributed by atoms with Gasteiger partial charge in [0.15, 0.2) is 0 Å². The van der Waals surface area contributed by atoms with Gasteiger partial charge in [0.2, 0.25) is 0 Å². The highest BCUT2D eigenvalue weighted by atomic mass is 16.5. The van der Waals surface area contributed by atoms with Crippen molar-refractivity contribution in [1.29, 1.82) is 0 Å². The van der Waals surface area contributed by atoms with Crippen molar-refractivity contribution in [1.82, 2.24) is 4.90 Å². The molecule has 0 amide bonds. The van der Waals surface area contributed by atoms with Gasteiger partial charge >= 0.3 is 0 Å². The highest BCUT2D eigenvalue weighted by molar-refractivity contribution is 5.28. The second-order valence-corrected chi connectivity index (χ2v) is 7.93. The van der Waals surface area contributed by atoms with Crippen LogP contribution in [0.3, 0.4) is 0 Å². The van der Waals surface area contributed by atoms with Crippen LogP contribution in [0.25, 0.3) is 0 Å². The van der Waals surface area contributed by atoms with E-state index in [9.17, 15) is 0 Å². The normalized spacial score (nSPS) is 17.3. The number of likely N-dealkylation sites (tertiary alicyclic amines) is 1. The summed E-state index contributed by atoms with van der Waals surface area (Å²) >= 11 is 0. The molecule has 27 heavy (non-hydrogen) atoms. The van der Waals surface area contributed by atoms with Gasteiger partial charge in [-0.05, 0) is 74.4 Å². The Balaban J connectivity index is 1.32. The highest BCUT2D eigenvalue weighted by Gasteiger charge is 2.21. The van der Waals surface area contributed by atoms with E-state index >= 15 is 0 Å². The zero-order valence-corrected chi connectivity index (χ0v) is 16.9. The molecule has 2 aromatic rings. The maximum absolute atomic E-state index is 6.00. The molecule has 2 aromatic carbocycles.